The minimum absolute atomic E-state index is 0.206. The Kier molecular flexibility index (Phi) is 3.41. The summed E-state index contributed by atoms with van der Waals surface area (Å²) in [7, 11) is 0. The quantitative estimate of drug-likeness (QED) is 0.814. The Hall–Kier alpha value is -1.16. The fourth-order valence-electron chi connectivity index (χ4n) is 0.922. The van der Waals surface area contributed by atoms with Gasteiger partial charge in [0, 0.05) is 0 Å². The number of amides is 1. The average Bonchev–Trinajstić information content (AvgIpc) is 2.11. The van der Waals surface area contributed by atoms with Gasteiger partial charge >= 0.3 is 6.43 Å². The first-order chi connectivity index (χ1) is 6.50. The molecule has 0 saturated carbocycles. The number of hydrogen-bond acceptors (Lipinski definition) is 1. The van der Waals surface area contributed by atoms with Crippen LogP contribution in [0.5, 0.6) is 0 Å². The van der Waals surface area contributed by atoms with E-state index in [0.717, 1.165) is 5.56 Å². The van der Waals surface area contributed by atoms with Gasteiger partial charge in [0.1, 0.15) is 0 Å². The summed E-state index contributed by atoms with van der Waals surface area (Å²) in [5.41, 5.74) is 1.04. The Morgan fingerprint density at radius 3 is 2.71 bits per heavy atom. The number of carbonyl (C=O) groups excluding carboxylic acids is 1. The highest BCUT2D eigenvalue weighted by molar-refractivity contribution is 6.33. The lowest BCUT2D eigenvalue weighted by molar-refractivity contribution is -0.126. The van der Waals surface area contributed by atoms with Gasteiger partial charge in [0.25, 0.3) is 5.91 Å². The van der Waals surface area contributed by atoms with Gasteiger partial charge in [-0.05, 0) is 24.6 Å². The molecule has 2 nitrogen and oxygen atoms in total. The van der Waals surface area contributed by atoms with Gasteiger partial charge in [-0.1, -0.05) is 17.7 Å². The molecule has 0 atom stereocenters. The normalized spacial score (nSPS) is 10.4. The van der Waals surface area contributed by atoms with Crippen molar-refractivity contribution in [1.29, 1.82) is 0 Å². The summed E-state index contributed by atoms with van der Waals surface area (Å²) in [5, 5.41) is 2.27. The molecule has 5 heteroatoms. The smallest absolute Gasteiger partial charge is 0.315 e. The molecule has 0 fully saturated rings. The molecule has 0 heterocycles. The van der Waals surface area contributed by atoms with Crippen molar-refractivity contribution >= 4 is 23.2 Å². The predicted molar refractivity (Wildman–Crippen MR) is 50.8 cm³/mol. The van der Waals surface area contributed by atoms with Crippen LogP contribution in [0.4, 0.5) is 14.5 Å². The van der Waals surface area contributed by atoms with Crippen LogP contribution in [0.1, 0.15) is 5.56 Å². The van der Waals surface area contributed by atoms with Gasteiger partial charge in [0.2, 0.25) is 0 Å². The fraction of sp³-hybridized carbons (Fsp3) is 0.222. The zero-order chi connectivity index (χ0) is 10.7. The van der Waals surface area contributed by atoms with E-state index in [0.29, 0.717) is 0 Å². The van der Waals surface area contributed by atoms with E-state index < -0.39 is 12.3 Å². The van der Waals surface area contributed by atoms with Gasteiger partial charge in [-0.25, -0.2) is 0 Å². The fourth-order valence-corrected chi connectivity index (χ4v) is 1.09. The van der Waals surface area contributed by atoms with Crippen LogP contribution in [0.2, 0.25) is 5.02 Å². The molecule has 1 N–H and O–H groups in total. The Labute approximate surface area is 84.9 Å². The van der Waals surface area contributed by atoms with Crippen molar-refractivity contribution < 1.29 is 13.6 Å². The molecule has 0 aliphatic heterocycles. The molecule has 14 heavy (non-hydrogen) atoms. The van der Waals surface area contributed by atoms with Crippen LogP contribution in [0, 0.1) is 6.92 Å². The van der Waals surface area contributed by atoms with Crippen molar-refractivity contribution in [3.63, 3.8) is 0 Å². The molecule has 0 aliphatic rings. The molecule has 0 saturated heterocycles. The molecule has 1 rings (SSSR count). The second-order valence-electron chi connectivity index (χ2n) is 2.77. The number of anilines is 1. The van der Waals surface area contributed by atoms with E-state index in [4.69, 9.17) is 11.6 Å². The highest BCUT2D eigenvalue weighted by atomic mass is 35.5. The van der Waals surface area contributed by atoms with Gasteiger partial charge in [-0.15, -0.1) is 0 Å². The number of aryl methyl sites for hydroxylation is 1. The number of hydrogen-bond donors (Lipinski definition) is 1. The molecule has 1 aromatic rings. The molecular weight excluding hydrogens is 212 g/mol. The molecule has 1 amide bonds. The van der Waals surface area contributed by atoms with E-state index in [1.807, 2.05) is 5.32 Å². The lowest BCUT2D eigenvalue weighted by Gasteiger charge is -2.06. The van der Waals surface area contributed by atoms with Gasteiger partial charge in [-0.3, -0.25) is 4.79 Å². The Bertz CT molecular complexity index is 355. The van der Waals surface area contributed by atoms with E-state index in [2.05, 4.69) is 0 Å². The molecule has 1 aromatic carbocycles. The van der Waals surface area contributed by atoms with Crippen LogP contribution in [0.25, 0.3) is 0 Å². The largest absolute Gasteiger partial charge is 0.320 e. The molecule has 0 spiro atoms. The van der Waals surface area contributed by atoms with E-state index in [9.17, 15) is 13.6 Å². The summed E-state index contributed by atoms with van der Waals surface area (Å²) in [6, 6.07) is 4.79. The predicted octanol–water partition coefficient (Wildman–Crippen LogP) is 2.85. The van der Waals surface area contributed by atoms with Crippen LogP contribution in [0.3, 0.4) is 0 Å². The number of rotatable bonds is 2. The topological polar surface area (TPSA) is 29.1 Å². The van der Waals surface area contributed by atoms with Crippen LogP contribution >= 0.6 is 11.6 Å². The molecule has 0 radical (unpaired) electrons. The summed E-state index contributed by atoms with van der Waals surface area (Å²) in [6.07, 6.45) is -3.04. The van der Waals surface area contributed by atoms with Crippen LogP contribution < -0.4 is 5.32 Å². The minimum Gasteiger partial charge on any atom is -0.320 e. The lowest BCUT2D eigenvalue weighted by atomic mass is 10.2. The minimum atomic E-state index is -3.04. The number of alkyl halides is 2. The third-order valence-electron chi connectivity index (χ3n) is 1.58. The van der Waals surface area contributed by atoms with E-state index in [1.54, 1.807) is 13.0 Å². The molecule has 0 aromatic heterocycles. The number of benzene rings is 1. The first-order valence-electron chi connectivity index (χ1n) is 3.86. The maximum Gasteiger partial charge on any atom is 0.315 e. The first-order valence-corrected chi connectivity index (χ1v) is 4.23. The third kappa shape index (κ3) is 2.67. The van der Waals surface area contributed by atoms with Crippen LogP contribution in [-0.4, -0.2) is 12.3 Å². The summed E-state index contributed by atoms with van der Waals surface area (Å²) in [5.74, 6) is -1.35. The maximum atomic E-state index is 11.9. The standard InChI is InChI=1S/C9H8ClF2NO/c1-5-2-3-6(10)7(4-5)13-9(14)8(11)12/h2-4,8H,1H3,(H,13,14). The Morgan fingerprint density at radius 2 is 2.14 bits per heavy atom. The van der Waals surface area contributed by atoms with Crippen molar-refractivity contribution in [3.8, 4) is 0 Å². The highest BCUT2D eigenvalue weighted by Gasteiger charge is 2.16. The van der Waals surface area contributed by atoms with Crippen LogP contribution in [0.15, 0.2) is 18.2 Å². The average molecular weight is 220 g/mol. The van der Waals surface area contributed by atoms with Crippen LogP contribution in [-0.2, 0) is 4.79 Å². The number of carbonyl (C=O) groups is 1. The molecule has 0 bridgehead atoms. The van der Waals surface area contributed by atoms with Gasteiger partial charge in [0.15, 0.2) is 0 Å². The van der Waals surface area contributed by atoms with E-state index in [1.165, 1.54) is 12.1 Å². The SMILES string of the molecule is Cc1ccc(Cl)c(NC(=O)C(F)F)c1. The Balaban J connectivity index is 2.86. The maximum absolute atomic E-state index is 11.9. The lowest BCUT2D eigenvalue weighted by Crippen LogP contribution is -2.20. The van der Waals surface area contributed by atoms with E-state index in [-0.39, 0.29) is 10.7 Å². The Morgan fingerprint density at radius 1 is 1.50 bits per heavy atom. The second-order valence-corrected chi connectivity index (χ2v) is 3.18. The molecule has 76 valence electrons. The van der Waals surface area contributed by atoms with Gasteiger partial charge in [-0.2, -0.15) is 8.78 Å². The van der Waals surface area contributed by atoms with E-state index >= 15 is 0 Å². The number of halogens is 3. The summed E-state index contributed by atoms with van der Waals surface area (Å²) in [6.45, 7) is 1.77. The zero-order valence-corrected chi connectivity index (χ0v) is 8.11. The summed E-state index contributed by atoms with van der Waals surface area (Å²) < 4.78 is 23.8. The van der Waals surface area contributed by atoms with Gasteiger partial charge < -0.3 is 5.32 Å². The zero-order valence-electron chi connectivity index (χ0n) is 7.35. The van der Waals surface area contributed by atoms with Crippen molar-refractivity contribution in [2.24, 2.45) is 0 Å². The first kappa shape index (κ1) is 10.9. The summed E-state index contributed by atoms with van der Waals surface area (Å²) in [4.78, 5) is 10.7. The van der Waals surface area contributed by atoms with Crippen molar-refractivity contribution in [2.45, 2.75) is 13.3 Å². The second kappa shape index (κ2) is 4.37. The highest BCUT2D eigenvalue weighted by Crippen LogP contribution is 2.22. The number of nitrogens with one attached hydrogen (secondary N) is 1. The monoisotopic (exact) mass is 219 g/mol. The van der Waals surface area contributed by atoms with Crippen molar-refractivity contribution in [1.82, 2.24) is 0 Å². The molecular formula is C9H8ClF2NO. The van der Waals surface area contributed by atoms with Crippen molar-refractivity contribution in [3.05, 3.63) is 28.8 Å². The molecule has 0 unspecified atom stereocenters. The van der Waals surface area contributed by atoms with Gasteiger partial charge in [0.05, 0.1) is 10.7 Å². The third-order valence-corrected chi connectivity index (χ3v) is 1.91. The molecule has 0 aliphatic carbocycles. The summed E-state index contributed by atoms with van der Waals surface area (Å²) >= 11 is 5.69. The van der Waals surface area contributed by atoms with Crippen molar-refractivity contribution in [2.75, 3.05) is 5.32 Å².